The maximum atomic E-state index is 12.1. The van der Waals surface area contributed by atoms with E-state index in [1.807, 2.05) is 6.92 Å². The minimum absolute atomic E-state index is 0.183. The van der Waals surface area contributed by atoms with E-state index in [0.717, 1.165) is 5.56 Å². The zero-order valence-electron chi connectivity index (χ0n) is 18.0. The molecular weight excluding hydrogens is 479 g/mol. The van der Waals surface area contributed by atoms with Crippen LogP contribution in [0.5, 0.6) is 5.75 Å². The van der Waals surface area contributed by atoms with Crippen LogP contribution in [0.25, 0.3) is 0 Å². The van der Waals surface area contributed by atoms with Crippen LogP contribution >= 0.6 is 23.2 Å². The predicted octanol–water partition coefficient (Wildman–Crippen LogP) is 4.41. The first-order valence-corrected chi connectivity index (χ1v) is 10.7. The Balaban J connectivity index is 1.44. The van der Waals surface area contributed by atoms with Crippen LogP contribution in [0.4, 0.5) is 11.4 Å². The Hall–Kier alpha value is -3.88. The largest absolute Gasteiger partial charge is 0.484 e. The summed E-state index contributed by atoms with van der Waals surface area (Å²) in [5, 5.41) is 9.92. The number of nitrogens with one attached hydrogen (secondary N) is 3. The van der Waals surface area contributed by atoms with Crippen molar-refractivity contribution in [2.24, 2.45) is 5.10 Å². The molecule has 3 aromatic rings. The lowest BCUT2D eigenvalue weighted by Crippen LogP contribution is -2.32. The second-order valence-corrected chi connectivity index (χ2v) is 7.83. The van der Waals surface area contributed by atoms with E-state index in [-0.39, 0.29) is 12.5 Å². The number of hydrogen-bond acceptors (Lipinski definition) is 5. The van der Waals surface area contributed by atoms with Gasteiger partial charge >= 0.3 is 11.8 Å². The molecule has 0 saturated heterocycles. The van der Waals surface area contributed by atoms with Crippen LogP contribution in [0.3, 0.4) is 0 Å². The zero-order valence-corrected chi connectivity index (χ0v) is 19.5. The highest BCUT2D eigenvalue weighted by molar-refractivity contribution is 6.39. The van der Waals surface area contributed by atoms with Gasteiger partial charge in [-0.05, 0) is 72.6 Å². The monoisotopic (exact) mass is 498 g/mol. The molecule has 0 saturated carbocycles. The fourth-order valence-electron chi connectivity index (χ4n) is 2.70. The third kappa shape index (κ3) is 7.33. The fraction of sp³-hybridized carbons (Fsp3) is 0.0833. The number of hydrogen-bond donors (Lipinski definition) is 3. The van der Waals surface area contributed by atoms with E-state index in [9.17, 15) is 14.4 Å². The third-order valence-corrected chi connectivity index (χ3v) is 5.10. The molecule has 3 rings (SSSR count). The molecule has 0 fully saturated rings. The molecule has 174 valence electrons. The average molecular weight is 499 g/mol. The topological polar surface area (TPSA) is 109 Å². The molecule has 0 aliphatic rings. The number of rotatable bonds is 7. The number of halogens is 2. The van der Waals surface area contributed by atoms with Crippen molar-refractivity contribution in [1.29, 1.82) is 0 Å². The number of benzene rings is 3. The summed E-state index contributed by atoms with van der Waals surface area (Å²) in [6.07, 6.45) is 1.36. The van der Waals surface area contributed by atoms with Crippen molar-refractivity contribution in [1.82, 2.24) is 5.43 Å². The lowest BCUT2D eigenvalue weighted by atomic mass is 10.2. The van der Waals surface area contributed by atoms with E-state index in [1.165, 1.54) is 12.3 Å². The first-order valence-electron chi connectivity index (χ1n) is 9.99. The summed E-state index contributed by atoms with van der Waals surface area (Å²) in [5.74, 6) is -1.67. The van der Waals surface area contributed by atoms with Gasteiger partial charge in [0.05, 0.1) is 6.21 Å². The van der Waals surface area contributed by atoms with Gasteiger partial charge in [-0.15, -0.1) is 0 Å². The van der Waals surface area contributed by atoms with Crippen molar-refractivity contribution in [3.8, 4) is 5.75 Å². The molecule has 0 aromatic heterocycles. The van der Waals surface area contributed by atoms with Crippen molar-refractivity contribution in [2.45, 2.75) is 6.92 Å². The molecule has 0 atom stereocenters. The molecule has 0 heterocycles. The number of nitrogens with zero attached hydrogens (tertiary/aromatic N) is 1. The summed E-state index contributed by atoms with van der Waals surface area (Å²) in [7, 11) is 0. The van der Waals surface area contributed by atoms with Gasteiger partial charge in [-0.1, -0.05) is 35.3 Å². The van der Waals surface area contributed by atoms with Gasteiger partial charge in [-0.3, -0.25) is 14.4 Å². The third-order valence-electron chi connectivity index (χ3n) is 4.46. The van der Waals surface area contributed by atoms with Gasteiger partial charge in [0.1, 0.15) is 5.75 Å². The van der Waals surface area contributed by atoms with Gasteiger partial charge in [-0.25, -0.2) is 5.43 Å². The standard InChI is InChI=1S/C24H20Cl2N4O4/c1-15-20(26)6-3-7-21(15)29-22(31)14-34-19-10-8-16(9-11-19)13-27-30-24(33)23(32)28-18-5-2-4-17(25)12-18/h2-13H,14H2,1H3,(H,28,32)(H,29,31)(H,30,33)/b27-13-. The second-order valence-electron chi connectivity index (χ2n) is 6.98. The maximum Gasteiger partial charge on any atom is 0.329 e. The molecule has 3 amide bonds. The van der Waals surface area contributed by atoms with Crippen molar-refractivity contribution in [2.75, 3.05) is 17.2 Å². The Labute approximate surface area is 205 Å². The SMILES string of the molecule is Cc1c(Cl)cccc1NC(=O)COc1ccc(/C=N\NC(=O)C(=O)Nc2cccc(Cl)c2)cc1. The van der Waals surface area contributed by atoms with Gasteiger partial charge in [-0.2, -0.15) is 5.10 Å². The van der Waals surface area contributed by atoms with Gasteiger partial charge in [0.25, 0.3) is 5.91 Å². The Kier molecular flexibility index (Phi) is 8.61. The first kappa shape index (κ1) is 24.8. The van der Waals surface area contributed by atoms with E-state index < -0.39 is 11.8 Å². The van der Waals surface area contributed by atoms with Crippen LogP contribution in [-0.2, 0) is 14.4 Å². The van der Waals surface area contributed by atoms with Gasteiger partial charge < -0.3 is 15.4 Å². The number of carbonyl (C=O) groups is 3. The van der Waals surface area contributed by atoms with Crippen molar-refractivity contribution in [3.63, 3.8) is 0 Å². The van der Waals surface area contributed by atoms with Crippen LogP contribution in [0.2, 0.25) is 10.0 Å². The molecule has 0 aliphatic heterocycles. The van der Waals surface area contributed by atoms with Gasteiger partial charge in [0.2, 0.25) is 0 Å². The number of carbonyl (C=O) groups excluding carboxylic acids is 3. The predicted molar refractivity (Wildman–Crippen MR) is 133 cm³/mol. The molecule has 3 aromatic carbocycles. The minimum Gasteiger partial charge on any atom is -0.484 e. The summed E-state index contributed by atoms with van der Waals surface area (Å²) in [6.45, 7) is 1.63. The molecule has 0 spiro atoms. The van der Waals surface area contributed by atoms with Crippen LogP contribution in [0.1, 0.15) is 11.1 Å². The van der Waals surface area contributed by atoms with Crippen molar-refractivity contribution < 1.29 is 19.1 Å². The fourth-order valence-corrected chi connectivity index (χ4v) is 3.06. The van der Waals surface area contributed by atoms with Crippen molar-refractivity contribution in [3.05, 3.63) is 87.9 Å². The van der Waals surface area contributed by atoms with E-state index in [4.69, 9.17) is 27.9 Å². The van der Waals surface area contributed by atoms with Gasteiger partial charge in [0, 0.05) is 21.4 Å². The molecule has 10 heteroatoms. The molecular formula is C24H20Cl2N4O4. The van der Waals surface area contributed by atoms with E-state index in [0.29, 0.717) is 32.7 Å². The first-order chi connectivity index (χ1) is 16.3. The number of ether oxygens (including phenoxy) is 1. The van der Waals surface area contributed by atoms with Gasteiger partial charge in [0.15, 0.2) is 6.61 Å². The minimum atomic E-state index is -0.933. The number of amides is 3. The Morgan fingerprint density at radius 2 is 1.68 bits per heavy atom. The Bertz CT molecular complexity index is 1230. The second kappa shape index (κ2) is 11.8. The maximum absolute atomic E-state index is 12.1. The van der Waals surface area contributed by atoms with Crippen molar-refractivity contribution >= 4 is 58.5 Å². The molecule has 0 unspecified atom stereocenters. The lowest BCUT2D eigenvalue weighted by Gasteiger charge is -2.10. The van der Waals surface area contributed by atoms with E-state index in [2.05, 4.69) is 21.2 Å². The van der Waals surface area contributed by atoms with Crippen LogP contribution < -0.4 is 20.8 Å². The summed E-state index contributed by atoms with van der Waals surface area (Å²) >= 11 is 11.9. The summed E-state index contributed by atoms with van der Waals surface area (Å²) in [6, 6.07) is 18.3. The highest BCUT2D eigenvalue weighted by atomic mass is 35.5. The van der Waals surface area contributed by atoms with Crippen LogP contribution in [-0.4, -0.2) is 30.5 Å². The lowest BCUT2D eigenvalue weighted by molar-refractivity contribution is -0.136. The average Bonchev–Trinajstić information content (AvgIpc) is 2.81. The Morgan fingerprint density at radius 1 is 0.941 bits per heavy atom. The highest BCUT2D eigenvalue weighted by Gasteiger charge is 2.13. The normalized spacial score (nSPS) is 10.6. The Morgan fingerprint density at radius 3 is 2.41 bits per heavy atom. The smallest absolute Gasteiger partial charge is 0.329 e. The quantitative estimate of drug-likeness (QED) is 0.254. The summed E-state index contributed by atoms with van der Waals surface area (Å²) in [4.78, 5) is 35.9. The van der Waals surface area contributed by atoms with E-state index >= 15 is 0 Å². The number of hydrazone groups is 1. The highest BCUT2D eigenvalue weighted by Crippen LogP contribution is 2.23. The molecule has 3 N–H and O–H groups in total. The van der Waals surface area contributed by atoms with Crippen LogP contribution in [0.15, 0.2) is 71.8 Å². The molecule has 8 nitrogen and oxygen atoms in total. The summed E-state index contributed by atoms with van der Waals surface area (Å²) in [5.41, 5.74) is 4.57. The van der Waals surface area contributed by atoms with E-state index in [1.54, 1.807) is 60.7 Å². The number of anilines is 2. The van der Waals surface area contributed by atoms with Crippen LogP contribution in [0, 0.1) is 6.92 Å². The molecule has 0 aliphatic carbocycles. The molecule has 0 radical (unpaired) electrons. The molecule has 34 heavy (non-hydrogen) atoms. The summed E-state index contributed by atoms with van der Waals surface area (Å²) < 4.78 is 5.48. The molecule has 0 bridgehead atoms. The zero-order chi connectivity index (χ0) is 24.5.